The first kappa shape index (κ1) is 21.6. The van der Waals surface area contributed by atoms with Gasteiger partial charge in [-0.15, -0.1) is 0 Å². The number of likely N-dealkylation sites (tertiary alicyclic amines) is 1. The summed E-state index contributed by atoms with van der Waals surface area (Å²) < 4.78 is 0. The first-order valence-corrected chi connectivity index (χ1v) is 10.1. The number of hydrogen-bond donors (Lipinski definition) is 3. The Balaban J connectivity index is 1.78. The van der Waals surface area contributed by atoms with Gasteiger partial charge in [0.2, 0.25) is 17.8 Å². The van der Waals surface area contributed by atoms with E-state index in [2.05, 4.69) is 32.5 Å². The first-order valence-electron chi connectivity index (χ1n) is 9.71. The van der Waals surface area contributed by atoms with E-state index in [1.807, 2.05) is 30.0 Å². The third-order valence-electron chi connectivity index (χ3n) is 4.82. The van der Waals surface area contributed by atoms with E-state index in [9.17, 15) is 9.59 Å². The van der Waals surface area contributed by atoms with Gasteiger partial charge >= 0.3 is 0 Å². The van der Waals surface area contributed by atoms with Crippen molar-refractivity contribution in [2.75, 3.05) is 29.0 Å². The fraction of sp³-hybridized carbons (Fsp3) is 0.333. The molecule has 0 spiro atoms. The number of carbonyl (C=O) groups excluding carboxylic acids is 2. The summed E-state index contributed by atoms with van der Waals surface area (Å²) in [5.41, 5.74) is 2.22. The Kier molecular flexibility index (Phi) is 6.89. The minimum Gasteiger partial charge on any atom is -0.350 e. The van der Waals surface area contributed by atoms with Crippen LogP contribution in [0.2, 0.25) is 5.02 Å². The molecule has 8 nitrogen and oxygen atoms in total. The average molecular weight is 429 g/mol. The van der Waals surface area contributed by atoms with Crippen LogP contribution < -0.4 is 16.0 Å². The SMILES string of the molecule is C=CC(=O)Nc1cc(C)ccc1Nc1nc(N[C@H]2CCCN(C(C)=O)C2)ncc1Cl. The third-order valence-corrected chi connectivity index (χ3v) is 5.09. The minimum absolute atomic E-state index is 0.0642. The number of benzene rings is 1. The maximum atomic E-state index is 11.8. The third kappa shape index (κ3) is 5.48. The summed E-state index contributed by atoms with van der Waals surface area (Å²) in [4.78, 5) is 34.0. The molecule has 3 N–H and O–H groups in total. The van der Waals surface area contributed by atoms with Crippen molar-refractivity contribution in [2.24, 2.45) is 0 Å². The highest BCUT2D eigenvalue weighted by Crippen LogP contribution is 2.30. The van der Waals surface area contributed by atoms with Crippen molar-refractivity contribution in [1.82, 2.24) is 14.9 Å². The molecule has 0 saturated carbocycles. The number of halogens is 1. The van der Waals surface area contributed by atoms with Gasteiger partial charge in [0, 0.05) is 26.1 Å². The van der Waals surface area contributed by atoms with Crippen molar-refractivity contribution < 1.29 is 9.59 Å². The van der Waals surface area contributed by atoms with E-state index in [0.29, 0.717) is 34.7 Å². The van der Waals surface area contributed by atoms with E-state index in [0.717, 1.165) is 24.9 Å². The van der Waals surface area contributed by atoms with Gasteiger partial charge in [0.1, 0.15) is 5.02 Å². The number of nitrogens with zero attached hydrogens (tertiary/aromatic N) is 3. The predicted molar refractivity (Wildman–Crippen MR) is 119 cm³/mol. The van der Waals surface area contributed by atoms with Crippen LogP contribution in [0.5, 0.6) is 0 Å². The van der Waals surface area contributed by atoms with Crippen molar-refractivity contribution >= 4 is 46.6 Å². The monoisotopic (exact) mass is 428 g/mol. The number of anilines is 4. The zero-order valence-electron chi connectivity index (χ0n) is 17.0. The van der Waals surface area contributed by atoms with Gasteiger partial charge in [-0.05, 0) is 43.5 Å². The Morgan fingerprint density at radius 2 is 2.13 bits per heavy atom. The van der Waals surface area contributed by atoms with E-state index in [1.165, 1.54) is 12.3 Å². The van der Waals surface area contributed by atoms with Crippen LogP contribution >= 0.6 is 11.6 Å². The normalized spacial score (nSPS) is 16.0. The van der Waals surface area contributed by atoms with Crippen LogP contribution in [-0.4, -0.2) is 45.8 Å². The lowest BCUT2D eigenvalue weighted by Crippen LogP contribution is -2.44. The summed E-state index contributed by atoms with van der Waals surface area (Å²) in [7, 11) is 0. The zero-order valence-corrected chi connectivity index (χ0v) is 17.8. The first-order chi connectivity index (χ1) is 14.4. The molecule has 3 rings (SSSR count). The lowest BCUT2D eigenvalue weighted by molar-refractivity contribution is -0.129. The minimum atomic E-state index is -0.313. The van der Waals surface area contributed by atoms with Crippen LogP contribution in [0.15, 0.2) is 37.1 Å². The number of hydrogen-bond acceptors (Lipinski definition) is 6. The van der Waals surface area contributed by atoms with E-state index in [1.54, 1.807) is 6.92 Å². The Morgan fingerprint density at radius 3 is 2.87 bits per heavy atom. The van der Waals surface area contributed by atoms with Gasteiger partial charge in [0.15, 0.2) is 5.82 Å². The van der Waals surface area contributed by atoms with Gasteiger partial charge in [0.05, 0.1) is 17.6 Å². The average Bonchev–Trinajstić information content (AvgIpc) is 2.72. The van der Waals surface area contributed by atoms with Crippen molar-refractivity contribution in [1.29, 1.82) is 0 Å². The molecule has 1 aliphatic rings. The van der Waals surface area contributed by atoms with Crippen molar-refractivity contribution in [3.63, 3.8) is 0 Å². The zero-order chi connectivity index (χ0) is 21.7. The molecule has 1 aliphatic heterocycles. The molecule has 2 aromatic rings. The van der Waals surface area contributed by atoms with E-state index in [4.69, 9.17) is 11.6 Å². The van der Waals surface area contributed by atoms with E-state index in [-0.39, 0.29) is 17.9 Å². The van der Waals surface area contributed by atoms with Gasteiger partial charge in [-0.1, -0.05) is 24.2 Å². The smallest absolute Gasteiger partial charge is 0.247 e. The number of aromatic nitrogens is 2. The van der Waals surface area contributed by atoms with Gasteiger partial charge in [-0.25, -0.2) is 4.98 Å². The summed E-state index contributed by atoms with van der Waals surface area (Å²) in [6.45, 7) is 8.38. The molecule has 1 saturated heterocycles. The van der Waals surface area contributed by atoms with E-state index < -0.39 is 0 Å². The molecule has 1 fully saturated rings. The summed E-state index contributed by atoms with van der Waals surface area (Å²) >= 11 is 6.30. The van der Waals surface area contributed by atoms with Gasteiger partial charge in [0.25, 0.3) is 0 Å². The Morgan fingerprint density at radius 1 is 1.33 bits per heavy atom. The summed E-state index contributed by atoms with van der Waals surface area (Å²) in [6, 6.07) is 5.67. The molecule has 30 heavy (non-hydrogen) atoms. The molecule has 0 unspecified atom stereocenters. The van der Waals surface area contributed by atoms with Gasteiger partial charge < -0.3 is 20.9 Å². The van der Waals surface area contributed by atoms with Crippen LogP contribution in [0, 0.1) is 6.92 Å². The molecule has 0 bridgehead atoms. The maximum Gasteiger partial charge on any atom is 0.247 e. The second kappa shape index (κ2) is 9.58. The summed E-state index contributed by atoms with van der Waals surface area (Å²) in [5.74, 6) is 0.578. The molecule has 2 amide bonds. The molecule has 1 aromatic heterocycles. The molecular formula is C21H25ClN6O2. The Hall–Kier alpha value is -3.13. The van der Waals surface area contributed by atoms with Crippen LogP contribution in [0.3, 0.4) is 0 Å². The molecule has 0 radical (unpaired) electrons. The van der Waals surface area contributed by atoms with Crippen molar-refractivity contribution in [3.8, 4) is 0 Å². The number of amides is 2. The lowest BCUT2D eigenvalue weighted by atomic mass is 10.1. The quantitative estimate of drug-likeness (QED) is 0.606. The molecule has 9 heteroatoms. The van der Waals surface area contributed by atoms with Crippen molar-refractivity contribution in [3.05, 3.63) is 47.6 Å². The topological polar surface area (TPSA) is 99.2 Å². The highest BCUT2D eigenvalue weighted by Gasteiger charge is 2.22. The Labute approximate surface area is 180 Å². The Bertz CT molecular complexity index is 965. The van der Waals surface area contributed by atoms with Crippen LogP contribution in [0.1, 0.15) is 25.3 Å². The van der Waals surface area contributed by atoms with Gasteiger partial charge in [-0.2, -0.15) is 4.98 Å². The second-order valence-corrected chi connectivity index (χ2v) is 7.61. The molecule has 1 aromatic carbocycles. The molecule has 158 valence electrons. The number of piperidine rings is 1. The summed E-state index contributed by atoms with van der Waals surface area (Å²) in [5, 5.41) is 9.57. The van der Waals surface area contributed by atoms with Gasteiger partial charge in [-0.3, -0.25) is 9.59 Å². The molecular weight excluding hydrogens is 404 g/mol. The fourth-order valence-corrected chi connectivity index (χ4v) is 3.41. The van der Waals surface area contributed by atoms with Crippen LogP contribution in [0.25, 0.3) is 0 Å². The standard InChI is InChI=1S/C21H25ClN6O2/c1-4-19(30)25-18-10-13(2)7-8-17(18)26-20-16(22)11-23-21(27-20)24-15-6-5-9-28(12-15)14(3)29/h4,7-8,10-11,15H,1,5-6,9,12H2,2-3H3,(H,25,30)(H2,23,24,26,27)/t15-/m0/s1. The largest absolute Gasteiger partial charge is 0.350 e. The second-order valence-electron chi connectivity index (χ2n) is 7.21. The number of rotatable bonds is 6. The van der Waals surface area contributed by atoms with Crippen LogP contribution in [-0.2, 0) is 9.59 Å². The van der Waals surface area contributed by atoms with Crippen LogP contribution in [0.4, 0.5) is 23.1 Å². The maximum absolute atomic E-state index is 11.8. The van der Waals surface area contributed by atoms with E-state index >= 15 is 0 Å². The highest BCUT2D eigenvalue weighted by molar-refractivity contribution is 6.33. The lowest BCUT2D eigenvalue weighted by Gasteiger charge is -2.32. The molecule has 2 heterocycles. The highest BCUT2D eigenvalue weighted by atomic mass is 35.5. The molecule has 1 atom stereocenters. The number of nitrogens with one attached hydrogen (secondary N) is 3. The molecule has 0 aliphatic carbocycles. The number of aryl methyl sites for hydroxylation is 1. The fourth-order valence-electron chi connectivity index (χ4n) is 3.27. The van der Waals surface area contributed by atoms with Crippen molar-refractivity contribution in [2.45, 2.75) is 32.7 Å². The number of carbonyl (C=O) groups is 2. The predicted octanol–water partition coefficient (Wildman–Crippen LogP) is 3.73. The summed E-state index contributed by atoms with van der Waals surface area (Å²) in [6.07, 6.45) is 4.57.